The van der Waals surface area contributed by atoms with Gasteiger partial charge in [-0.25, -0.2) is 0 Å². The van der Waals surface area contributed by atoms with Crippen LogP contribution in [-0.4, -0.2) is 35.5 Å². The van der Waals surface area contributed by atoms with Gasteiger partial charge in [0, 0.05) is 38.8 Å². The Morgan fingerprint density at radius 3 is 1.97 bits per heavy atom. The maximum atomic E-state index is 2.71. The maximum Gasteiger partial charge on any atom is 0.0237 e. The fraction of sp³-hybridized carbons (Fsp3) is 0.267. The predicted molar refractivity (Wildman–Crippen MR) is 149 cm³/mol. The first kappa shape index (κ1) is 26.2. The second-order valence-corrected chi connectivity index (χ2v) is 9.01. The van der Waals surface area contributed by atoms with Crippen LogP contribution in [0.25, 0.3) is 10.8 Å². The molecule has 5 rings (SSSR count). The van der Waals surface area contributed by atoms with Gasteiger partial charge in [-0.05, 0) is 40.3 Å². The number of rotatable bonds is 7. The van der Waals surface area contributed by atoms with Crippen molar-refractivity contribution in [3.8, 4) is 0 Å². The molecule has 4 aromatic carbocycles. The van der Waals surface area contributed by atoms with Gasteiger partial charge in [0.15, 0.2) is 0 Å². The van der Waals surface area contributed by atoms with Gasteiger partial charge in [0.1, 0.15) is 0 Å². The zero-order valence-electron chi connectivity index (χ0n) is 19.6. The van der Waals surface area contributed by atoms with E-state index in [-0.39, 0.29) is 24.8 Å². The SMILES string of the molecule is Cl.Cl.c1ccc(CN2CCN(Cc3ccccc3)C(CCc3cccc4ccccc34)C2)cc1. The van der Waals surface area contributed by atoms with E-state index in [0.717, 1.165) is 39.1 Å². The minimum Gasteiger partial charge on any atom is -0.296 e. The van der Waals surface area contributed by atoms with E-state index in [2.05, 4.69) is 113 Å². The van der Waals surface area contributed by atoms with E-state index in [1.165, 1.54) is 33.9 Å². The van der Waals surface area contributed by atoms with E-state index in [0.29, 0.717) is 6.04 Å². The molecule has 0 aromatic heterocycles. The van der Waals surface area contributed by atoms with Crippen LogP contribution in [0.1, 0.15) is 23.1 Å². The van der Waals surface area contributed by atoms with Crippen molar-refractivity contribution in [1.82, 2.24) is 9.80 Å². The van der Waals surface area contributed by atoms with Crippen LogP contribution in [0.5, 0.6) is 0 Å². The van der Waals surface area contributed by atoms with Crippen LogP contribution in [0.4, 0.5) is 0 Å². The summed E-state index contributed by atoms with van der Waals surface area (Å²) in [5.74, 6) is 0. The molecule has 2 nitrogen and oxygen atoms in total. The molecule has 0 amide bonds. The Morgan fingerprint density at radius 1 is 0.618 bits per heavy atom. The van der Waals surface area contributed by atoms with Crippen molar-refractivity contribution in [3.05, 3.63) is 120 Å². The highest BCUT2D eigenvalue weighted by atomic mass is 35.5. The van der Waals surface area contributed by atoms with Gasteiger partial charge in [0.25, 0.3) is 0 Å². The molecule has 1 heterocycles. The smallest absolute Gasteiger partial charge is 0.0237 e. The Labute approximate surface area is 216 Å². The number of hydrogen-bond acceptors (Lipinski definition) is 2. The van der Waals surface area contributed by atoms with E-state index in [4.69, 9.17) is 0 Å². The number of hydrogen-bond donors (Lipinski definition) is 0. The molecule has 0 saturated carbocycles. The van der Waals surface area contributed by atoms with Gasteiger partial charge < -0.3 is 0 Å². The van der Waals surface area contributed by atoms with Crippen molar-refractivity contribution in [3.63, 3.8) is 0 Å². The molecule has 1 aliphatic heterocycles. The van der Waals surface area contributed by atoms with E-state index in [9.17, 15) is 0 Å². The molecule has 178 valence electrons. The molecule has 0 radical (unpaired) electrons. The van der Waals surface area contributed by atoms with Crippen LogP contribution in [-0.2, 0) is 19.5 Å². The molecule has 1 fully saturated rings. The summed E-state index contributed by atoms with van der Waals surface area (Å²) in [5, 5.41) is 2.75. The Hall–Kier alpha value is -2.36. The summed E-state index contributed by atoms with van der Waals surface area (Å²) in [5.41, 5.74) is 4.30. The highest BCUT2D eigenvalue weighted by Gasteiger charge is 2.27. The number of aryl methyl sites for hydroxylation is 1. The van der Waals surface area contributed by atoms with E-state index < -0.39 is 0 Å². The number of halogens is 2. The highest BCUT2D eigenvalue weighted by Crippen LogP contribution is 2.24. The number of nitrogens with zero attached hydrogens (tertiary/aromatic N) is 2. The molecule has 34 heavy (non-hydrogen) atoms. The number of fused-ring (bicyclic) bond motifs is 1. The third-order valence-corrected chi connectivity index (χ3v) is 6.79. The van der Waals surface area contributed by atoms with Crippen molar-refractivity contribution in [1.29, 1.82) is 0 Å². The quantitative estimate of drug-likeness (QED) is 0.273. The van der Waals surface area contributed by atoms with Crippen LogP contribution in [0.3, 0.4) is 0 Å². The predicted octanol–water partition coefficient (Wildman–Crippen LogP) is 7.00. The van der Waals surface area contributed by atoms with Crippen LogP contribution in [0.15, 0.2) is 103 Å². The number of piperazine rings is 1. The molecule has 1 atom stereocenters. The average Bonchev–Trinajstić information content (AvgIpc) is 2.85. The van der Waals surface area contributed by atoms with Gasteiger partial charge >= 0.3 is 0 Å². The summed E-state index contributed by atoms with van der Waals surface area (Å²) in [6, 6.07) is 38.0. The molecule has 1 saturated heterocycles. The number of benzene rings is 4. The molecule has 1 unspecified atom stereocenters. The lowest BCUT2D eigenvalue weighted by Gasteiger charge is -2.42. The van der Waals surface area contributed by atoms with Crippen molar-refractivity contribution in [2.45, 2.75) is 32.0 Å². The Balaban J connectivity index is 0.00000162. The normalized spacial score (nSPS) is 16.5. The lowest BCUT2D eigenvalue weighted by Crippen LogP contribution is -2.52. The minimum absolute atomic E-state index is 0. The van der Waals surface area contributed by atoms with Crippen molar-refractivity contribution >= 4 is 35.6 Å². The molecule has 0 N–H and O–H groups in total. The molecule has 4 aromatic rings. The second kappa shape index (κ2) is 12.9. The molecule has 4 heteroatoms. The molecule has 0 bridgehead atoms. The fourth-order valence-electron chi connectivity index (χ4n) is 5.08. The van der Waals surface area contributed by atoms with E-state index >= 15 is 0 Å². The van der Waals surface area contributed by atoms with Gasteiger partial charge in [0.05, 0.1) is 0 Å². The van der Waals surface area contributed by atoms with Gasteiger partial charge in [-0.1, -0.05) is 103 Å². The second-order valence-electron chi connectivity index (χ2n) is 9.01. The summed E-state index contributed by atoms with van der Waals surface area (Å²) in [4.78, 5) is 5.35. The monoisotopic (exact) mass is 492 g/mol. The standard InChI is InChI=1S/C30H32N2.2ClH/c1-3-10-25(11-4-1)22-31-20-21-32(23-26-12-5-2-6-13-26)29(24-31)19-18-28-16-9-15-27-14-7-8-17-30(27)28;;/h1-17,29H,18-24H2;2*1H. The molecule has 0 spiro atoms. The summed E-state index contributed by atoms with van der Waals surface area (Å²) in [6.45, 7) is 5.48. The first-order valence-corrected chi connectivity index (χ1v) is 11.9. The van der Waals surface area contributed by atoms with Crippen LogP contribution in [0.2, 0.25) is 0 Å². The van der Waals surface area contributed by atoms with Gasteiger partial charge in [-0.2, -0.15) is 0 Å². The Bertz CT molecular complexity index is 1130. The topological polar surface area (TPSA) is 6.48 Å². The molecule has 0 aliphatic carbocycles. The summed E-state index contributed by atoms with van der Waals surface area (Å²) in [6.07, 6.45) is 2.31. The van der Waals surface area contributed by atoms with Crippen molar-refractivity contribution in [2.24, 2.45) is 0 Å². The molecular weight excluding hydrogens is 459 g/mol. The lowest BCUT2D eigenvalue weighted by molar-refractivity contribution is 0.0597. The zero-order valence-corrected chi connectivity index (χ0v) is 21.2. The van der Waals surface area contributed by atoms with Crippen molar-refractivity contribution < 1.29 is 0 Å². The first-order chi connectivity index (χ1) is 15.8. The van der Waals surface area contributed by atoms with E-state index in [1.54, 1.807) is 0 Å². The van der Waals surface area contributed by atoms with E-state index in [1.807, 2.05) is 0 Å². The molecular formula is C30H34Cl2N2. The minimum atomic E-state index is 0. The third-order valence-electron chi connectivity index (χ3n) is 6.79. The van der Waals surface area contributed by atoms with Gasteiger partial charge in [-0.3, -0.25) is 9.80 Å². The van der Waals surface area contributed by atoms with Crippen LogP contribution in [0, 0.1) is 0 Å². The maximum absolute atomic E-state index is 2.71. The summed E-state index contributed by atoms with van der Waals surface area (Å²) < 4.78 is 0. The van der Waals surface area contributed by atoms with Gasteiger partial charge in [0.2, 0.25) is 0 Å². The Kier molecular flexibility index (Phi) is 9.98. The largest absolute Gasteiger partial charge is 0.296 e. The highest BCUT2D eigenvalue weighted by molar-refractivity contribution is 5.86. The summed E-state index contributed by atoms with van der Waals surface area (Å²) in [7, 11) is 0. The lowest BCUT2D eigenvalue weighted by atomic mass is 9.97. The van der Waals surface area contributed by atoms with Crippen LogP contribution >= 0.6 is 24.8 Å². The summed E-state index contributed by atoms with van der Waals surface area (Å²) >= 11 is 0. The first-order valence-electron chi connectivity index (χ1n) is 11.9. The third kappa shape index (κ3) is 6.61. The Morgan fingerprint density at radius 2 is 1.24 bits per heavy atom. The van der Waals surface area contributed by atoms with Gasteiger partial charge in [-0.15, -0.1) is 24.8 Å². The van der Waals surface area contributed by atoms with Crippen LogP contribution < -0.4 is 0 Å². The zero-order chi connectivity index (χ0) is 21.6. The van der Waals surface area contributed by atoms with Crippen molar-refractivity contribution in [2.75, 3.05) is 19.6 Å². The fourth-order valence-corrected chi connectivity index (χ4v) is 5.08. The molecule has 1 aliphatic rings. The average molecular weight is 494 g/mol.